The van der Waals surface area contributed by atoms with Crippen molar-refractivity contribution in [3.8, 4) is 5.75 Å². The number of phenols is 1. The minimum Gasteiger partial charge on any atom is -0.508 e. The van der Waals surface area contributed by atoms with Crippen LogP contribution in [0.4, 0.5) is 0 Å². The summed E-state index contributed by atoms with van der Waals surface area (Å²) in [5.74, 6) is -0.905. The molecule has 1 rings (SSSR count). The fourth-order valence-corrected chi connectivity index (χ4v) is 1.61. The molecule has 1 aromatic carbocycles. The summed E-state index contributed by atoms with van der Waals surface area (Å²) in [6, 6.07) is 3.99. The van der Waals surface area contributed by atoms with Crippen LogP contribution in [0.3, 0.4) is 0 Å². The molecular weight excluding hydrogens is 234 g/mol. The number of amides is 2. The average Bonchev–Trinajstić information content (AvgIpc) is 2.30. The SMILES string of the molecule is Cc1cc(O)ccc1C[C@H](NC(=O)CN)C(N)=O. The lowest BCUT2D eigenvalue weighted by molar-refractivity contribution is -0.126. The molecule has 0 saturated heterocycles. The number of aromatic hydroxyl groups is 1. The summed E-state index contributed by atoms with van der Waals surface area (Å²) in [5, 5.41) is 11.7. The van der Waals surface area contributed by atoms with E-state index in [0.29, 0.717) is 0 Å². The van der Waals surface area contributed by atoms with E-state index in [0.717, 1.165) is 11.1 Å². The van der Waals surface area contributed by atoms with Crippen molar-refractivity contribution in [3.05, 3.63) is 29.3 Å². The molecule has 0 bridgehead atoms. The van der Waals surface area contributed by atoms with Crippen molar-refractivity contribution in [2.24, 2.45) is 11.5 Å². The van der Waals surface area contributed by atoms with E-state index >= 15 is 0 Å². The number of nitrogens with one attached hydrogen (secondary N) is 1. The zero-order valence-electron chi connectivity index (χ0n) is 10.1. The number of benzene rings is 1. The van der Waals surface area contributed by atoms with Gasteiger partial charge in [-0.3, -0.25) is 9.59 Å². The largest absolute Gasteiger partial charge is 0.508 e. The van der Waals surface area contributed by atoms with Crippen molar-refractivity contribution >= 4 is 11.8 Å². The lowest BCUT2D eigenvalue weighted by Gasteiger charge is -2.16. The predicted molar refractivity (Wildman–Crippen MR) is 66.7 cm³/mol. The fraction of sp³-hybridized carbons (Fsp3) is 0.333. The molecule has 0 aromatic heterocycles. The number of hydrogen-bond acceptors (Lipinski definition) is 4. The predicted octanol–water partition coefficient (Wildman–Crippen LogP) is -0.828. The third-order valence-corrected chi connectivity index (χ3v) is 2.61. The molecule has 0 unspecified atom stereocenters. The summed E-state index contributed by atoms with van der Waals surface area (Å²) >= 11 is 0. The van der Waals surface area contributed by atoms with Crippen LogP contribution in [0.5, 0.6) is 5.75 Å². The zero-order valence-corrected chi connectivity index (χ0v) is 10.1. The number of phenolic OH excluding ortho intramolecular Hbond substituents is 1. The number of primary amides is 1. The highest BCUT2D eigenvalue weighted by atomic mass is 16.3. The Morgan fingerprint density at radius 3 is 2.61 bits per heavy atom. The van der Waals surface area contributed by atoms with Gasteiger partial charge in [0.2, 0.25) is 11.8 Å². The molecule has 0 spiro atoms. The van der Waals surface area contributed by atoms with Crippen molar-refractivity contribution in [2.75, 3.05) is 6.54 Å². The summed E-state index contributed by atoms with van der Waals surface area (Å²) in [4.78, 5) is 22.4. The Hall–Kier alpha value is -2.08. The second-order valence-electron chi connectivity index (χ2n) is 4.04. The Bertz CT molecular complexity index is 460. The van der Waals surface area contributed by atoms with Crippen molar-refractivity contribution < 1.29 is 14.7 Å². The highest BCUT2D eigenvalue weighted by Gasteiger charge is 2.18. The van der Waals surface area contributed by atoms with Gasteiger partial charge in [-0.05, 0) is 30.2 Å². The Labute approximate surface area is 105 Å². The lowest BCUT2D eigenvalue weighted by Crippen LogP contribution is -2.47. The molecular formula is C12H17N3O3. The molecule has 6 nitrogen and oxygen atoms in total. The van der Waals surface area contributed by atoms with Gasteiger partial charge in [0.1, 0.15) is 11.8 Å². The van der Waals surface area contributed by atoms with Crippen molar-refractivity contribution in [2.45, 2.75) is 19.4 Å². The molecule has 6 N–H and O–H groups in total. The average molecular weight is 251 g/mol. The molecule has 0 aliphatic carbocycles. The van der Waals surface area contributed by atoms with Crippen LogP contribution in [0.2, 0.25) is 0 Å². The molecule has 1 atom stereocenters. The first-order valence-electron chi connectivity index (χ1n) is 5.51. The first-order valence-corrected chi connectivity index (χ1v) is 5.51. The summed E-state index contributed by atoms with van der Waals surface area (Å²) < 4.78 is 0. The van der Waals surface area contributed by atoms with E-state index in [4.69, 9.17) is 11.5 Å². The summed E-state index contributed by atoms with van der Waals surface area (Å²) in [5.41, 5.74) is 12.0. The highest BCUT2D eigenvalue weighted by Crippen LogP contribution is 2.17. The fourth-order valence-electron chi connectivity index (χ4n) is 1.61. The Morgan fingerprint density at radius 1 is 1.44 bits per heavy atom. The highest BCUT2D eigenvalue weighted by molar-refractivity contribution is 5.87. The Balaban J connectivity index is 2.83. The molecule has 6 heteroatoms. The molecule has 2 amide bonds. The van der Waals surface area contributed by atoms with Gasteiger partial charge in [-0.25, -0.2) is 0 Å². The smallest absolute Gasteiger partial charge is 0.240 e. The summed E-state index contributed by atoms with van der Waals surface area (Å²) in [7, 11) is 0. The molecule has 0 aliphatic heterocycles. The molecule has 0 radical (unpaired) electrons. The van der Waals surface area contributed by atoms with Crippen LogP contribution < -0.4 is 16.8 Å². The van der Waals surface area contributed by atoms with Gasteiger partial charge in [-0.2, -0.15) is 0 Å². The standard InChI is InChI=1S/C12H17N3O3/c1-7-4-9(16)3-2-8(7)5-10(12(14)18)15-11(17)6-13/h2-4,10,16H,5-6,13H2,1H3,(H2,14,18)(H,15,17)/t10-/m0/s1. The number of carbonyl (C=O) groups excluding carboxylic acids is 2. The molecule has 0 aliphatic rings. The van der Waals surface area contributed by atoms with Crippen LogP contribution in [0.25, 0.3) is 0 Å². The third kappa shape index (κ3) is 3.74. The molecule has 1 aromatic rings. The van der Waals surface area contributed by atoms with Gasteiger partial charge < -0.3 is 21.9 Å². The van der Waals surface area contributed by atoms with Crippen LogP contribution in [-0.4, -0.2) is 29.5 Å². The Kier molecular flexibility index (Phi) is 4.67. The molecule has 0 fully saturated rings. The second kappa shape index (κ2) is 6.02. The van der Waals surface area contributed by atoms with Gasteiger partial charge in [-0.1, -0.05) is 6.07 Å². The molecule has 0 saturated carbocycles. The molecule has 0 heterocycles. The van der Waals surface area contributed by atoms with Gasteiger partial charge in [0.25, 0.3) is 0 Å². The minimum atomic E-state index is -0.802. The first-order chi connectivity index (χ1) is 8.43. The van der Waals surface area contributed by atoms with Gasteiger partial charge in [0, 0.05) is 6.42 Å². The number of nitrogens with two attached hydrogens (primary N) is 2. The summed E-state index contributed by atoms with van der Waals surface area (Å²) in [6.45, 7) is 1.61. The maximum Gasteiger partial charge on any atom is 0.240 e. The molecule has 98 valence electrons. The normalized spacial score (nSPS) is 11.9. The van der Waals surface area contributed by atoms with Crippen LogP contribution >= 0.6 is 0 Å². The lowest BCUT2D eigenvalue weighted by atomic mass is 10.0. The van der Waals surface area contributed by atoms with E-state index < -0.39 is 17.9 Å². The van der Waals surface area contributed by atoms with E-state index in [1.165, 1.54) is 6.07 Å². The van der Waals surface area contributed by atoms with E-state index in [1.54, 1.807) is 19.1 Å². The number of aryl methyl sites for hydroxylation is 1. The second-order valence-corrected chi connectivity index (χ2v) is 4.04. The number of rotatable bonds is 5. The topological polar surface area (TPSA) is 118 Å². The quantitative estimate of drug-likeness (QED) is 0.546. The zero-order chi connectivity index (χ0) is 13.7. The van der Waals surface area contributed by atoms with Crippen LogP contribution in [-0.2, 0) is 16.0 Å². The van der Waals surface area contributed by atoms with Gasteiger partial charge in [0.15, 0.2) is 0 Å². The first kappa shape index (κ1) is 14.0. The Morgan fingerprint density at radius 2 is 2.11 bits per heavy atom. The monoisotopic (exact) mass is 251 g/mol. The van der Waals surface area contributed by atoms with E-state index in [2.05, 4.69) is 5.32 Å². The minimum absolute atomic E-state index is 0.151. The van der Waals surface area contributed by atoms with Gasteiger partial charge >= 0.3 is 0 Å². The van der Waals surface area contributed by atoms with E-state index in [1.807, 2.05) is 0 Å². The maximum absolute atomic E-state index is 11.3. The van der Waals surface area contributed by atoms with Crippen LogP contribution in [0.15, 0.2) is 18.2 Å². The maximum atomic E-state index is 11.3. The van der Waals surface area contributed by atoms with Crippen LogP contribution in [0, 0.1) is 6.92 Å². The molecule has 18 heavy (non-hydrogen) atoms. The van der Waals surface area contributed by atoms with Crippen molar-refractivity contribution in [1.29, 1.82) is 0 Å². The van der Waals surface area contributed by atoms with E-state index in [9.17, 15) is 14.7 Å². The van der Waals surface area contributed by atoms with Crippen LogP contribution in [0.1, 0.15) is 11.1 Å². The third-order valence-electron chi connectivity index (χ3n) is 2.61. The van der Waals surface area contributed by atoms with Gasteiger partial charge in [-0.15, -0.1) is 0 Å². The van der Waals surface area contributed by atoms with E-state index in [-0.39, 0.29) is 18.7 Å². The van der Waals surface area contributed by atoms with Gasteiger partial charge in [0.05, 0.1) is 6.54 Å². The van der Waals surface area contributed by atoms with Crippen molar-refractivity contribution in [1.82, 2.24) is 5.32 Å². The van der Waals surface area contributed by atoms with Crippen molar-refractivity contribution in [3.63, 3.8) is 0 Å². The summed E-state index contributed by atoms with van der Waals surface area (Å²) in [6.07, 6.45) is 0.271. The number of hydrogen-bond donors (Lipinski definition) is 4. The number of carbonyl (C=O) groups is 2.